The summed E-state index contributed by atoms with van der Waals surface area (Å²) in [6.45, 7) is 0.481. The third-order valence-corrected chi connectivity index (χ3v) is 3.79. The van der Waals surface area contributed by atoms with Crippen LogP contribution in [0, 0.1) is 0 Å². The van der Waals surface area contributed by atoms with Gasteiger partial charge < -0.3 is 9.64 Å². The number of ether oxygens (including phenoxy) is 1. The maximum absolute atomic E-state index is 12.1. The summed E-state index contributed by atoms with van der Waals surface area (Å²) < 4.78 is 5.58. The number of hydrogen-bond donors (Lipinski definition) is 0. The standard InChI is InChI=1S/C12H15NO2S.ClH/c1-13(2)8-16-11-7-15-10-6-4-3-5-9(10)12(11)14;/h3-6,11H,7-8H2,1-2H3;1H. The summed E-state index contributed by atoms with van der Waals surface area (Å²) >= 11 is 1.63. The molecule has 0 spiro atoms. The molecule has 0 fully saturated rings. The van der Waals surface area contributed by atoms with E-state index >= 15 is 0 Å². The Hall–Kier alpha value is -0.710. The number of fused-ring (bicyclic) bond motifs is 1. The summed E-state index contributed by atoms with van der Waals surface area (Å²) in [6.07, 6.45) is 0. The number of hydrogen-bond acceptors (Lipinski definition) is 4. The molecule has 0 N–H and O–H groups in total. The van der Waals surface area contributed by atoms with E-state index in [-0.39, 0.29) is 23.4 Å². The predicted molar refractivity (Wildman–Crippen MR) is 73.4 cm³/mol. The third kappa shape index (κ3) is 3.37. The number of benzene rings is 1. The van der Waals surface area contributed by atoms with Gasteiger partial charge in [0, 0.05) is 5.88 Å². The second-order valence-corrected chi connectivity index (χ2v) is 5.20. The average Bonchev–Trinajstić information content (AvgIpc) is 2.28. The van der Waals surface area contributed by atoms with Gasteiger partial charge in [-0.2, -0.15) is 0 Å². The molecule has 1 atom stereocenters. The maximum atomic E-state index is 12.1. The Labute approximate surface area is 112 Å². The lowest BCUT2D eigenvalue weighted by Gasteiger charge is -2.24. The van der Waals surface area contributed by atoms with Crippen LogP contribution >= 0.6 is 24.2 Å². The van der Waals surface area contributed by atoms with Gasteiger partial charge in [0.1, 0.15) is 17.6 Å². The van der Waals surface area contributed by atoms with E-state index in [0.29, 0.717) is 17.9 Å². The summed E-state index contributed by atoms with van der Waals surface area (Å²) in [5.74, 6) is 1.74. The molecule has 1 unspecified atom stereocenters. The molecule has 1 aromatic carbocycles. The van der Waals surface area contributed by atoms with Gasteiger partial charge in [-0.05, 0) is 26.2 Å². The minimum Gasteiger partial charge on any atom is -0.491 e. The highest BCUT2D eigenvalue weighted by molar-refractivity contribution is 8.00. The monoisotopic (exact) mass is 273 g/mol. The molecule has 0 aromatic heterocycles. The number of thioether (sulfide) groups is 1. The average molecular weight is 274 g/mol. The van der Waals surface area contributed by atoms with Crippen molar-refractivity contribution in [3.63, 3.8) is 0 Å². The summed E-state index contributed by atoms with van der Waals surface area (Å²) in [6, 6.07) is 7.44. The van der Waals surface area contributed by atoms with E-state index in [9.17, 15) is 4.79 Å². The van der Waals surface area contributed by atoms with Crippen LogP contribution in [0.25, 0.3) is 0 Å². The minimum atomic E-state index is -0.0719. The summed E-state index contributed by atoms with van der Waals surface area (Å²) in [4.78, 5) is 14.2. The lowest BCUT2D eigenvalue weighted by atomic mass is 10.1. The molecular formula is C12H16ClNO2S. The SMILES string of the molecule is CN(C)CSC1COc2ccccc2C1=O.Cl. The first-order chi connectivity index (χ1) is 7.68. The Bertz CT molecular complexity index is 398. The summed E-state index contributed by atoms with van der Waals surface area (Å²) in [7, 11) is 3.99. The minimum absolute atomic E-state index is 0. The largest absolute Gasteiger partial charge is 0.491 e. The molecule has 0 aliphatic carbocycles. The van der Waals surface area contributed by atoms with E-state index in [4.69, 9.17) is 4.74 Å². The topological polar surface area (TPSA) is 29.5 Å². The number of nitrogens with zero attached hydrogens (tertiary/aromatic N) is 1. The number of ketones is 1. The Morgan fingerprint density at radius 2 is 2.12 bits per heavy atom. The number of rotatable bonds is 3. The van der Waals surface area contributed by atoms with Crippen LogP contribution in [-0.2, 0) is 0 Å². The molecule has 94 valence electrons. The van der Waals surface area contributed by atoms with Crippen molar-refractivity contribution in [2.75, 3.05) is 26.6 Å². The number of halogens is 1. The van der Waals surface area contributed by atoms with Gasteiger partial charge in [-0.15, -0.1) is 24.2 Å². The van der Waals surface area contributed by atoms with Crippen LogP contribution in [0.3, 0.4) is 0 Å². The second-order valence-electron chi connectivity index (χ2n) is 4.04. The fourth-order valence-electron chi connectivity index (χ4n) is 1.57. The van der Waals surface area contributed by atoms with Gasteiger partial charge in [-0.3, -0.25) is 4.79 Å². The third-order valence-electron chi connectivity index (χ3n) is 2.37. The Morgan fingerprint density at radius 1 is 1.41 bits per heavy atom. The first-order valence-corrected chi connectivity index (χ1v) is 6.25. The lowest BCUT2D eigenvalue weighted by molar-refractivity contribution is 0.0943. The maximum Gasteiger partial charge on any atom is 0.183 e. The summed E-state index contributed by atoms with van der Waals surface area (Å²) in [5.41, 5.74) is 0.713. The van der Waals surface area contributed by atoms with Gasteiger partial charge in [0.2, 0.25) is 0 Å². The molecule has 1 aromatic rings. The zero-order valence-corrected chi connectivity index (χ0v) is 11.5. The molecule has 5 heteroatoms. The van der Waals surface area contributed by atoms with Gasteiger partial charge in [0.25, 0.3) is 0 Å². The van der Waals surface area contributed by atoms with E-state index in [1.54, 1.807) is 11.8 Å². The van der Waals surface area contributed by atoms with Crippen LogP contribution in [0.4, 0.5) is 0 Å². The van der Waals surface area contributed by atoms with Gasteiger partial charge >= 0.3 is 0 Å². The number of carbonyl (C=O) groups excluding carboxylic acids is 1. The Morgan fingerprint density at radius 3 is 2.82 bits per heavy atom. The van der Waals surface area contributed by atoms with E-state index in [1.807, 2.05) is 38.4 Å². The Kier molecular flexibility index (Phi) is 5.31. The molecule has 0 bridgehead atoms. The van der Waals surface area contributed by atoms with Crippen molar-refractivity contribution in [1.82, 2.24) is 4.90 Å². The van der Waals surface area contributed by atoms with Gasteiger partial charge in [0.05, 0.1) is 5.56 Å². The predicted octanol–water partition coefficient (Wildman–Crippen LogP) is 2.30. The van der Waals surface area contributed by atoms with Crippen LogP contribution in [0.1, 0.15) is 10.4 Å². The van der Waals surface area contributed by atoms with E-state index < -0.39 is 0 Å². The fraction of sp³-hybridized carbons (Fsp3) is 0.417. The number of Topliss-reactive ketones (excluding diaryl/α,β-unsaturated/α-hetero) is 1. The first-order valence-electron chi connectivity index (χ1n) is 5.21. The molecule has 1 aliphatic rings. The molecule has 2 rings (SSSR count). The molecule has 1 aliphatic heterocycles. The first kappa shape index (κ1) is 14.4. The fourth-order valence-corrected chi connectivity index (χ4v) is 2.49. The van der Waals surface area contributed by atoms with Gasteiger partial charge in [-0.25, -0.2) is 0 Å². The van der Waals surface area contributed by atoms with E-state index in [1.165, 1.54) is 0 Å². The van der Waals surface area contributed by atoms with Crippen molar-refractivity contribution in [1.29, 1.82) is 0 Å². The molecule has 0 saturated carbocycles. The molecule has 1 heterocycles. The van der Waals surface area contributed by atoms with Crippen molar-refractivity contribution in [2.45, 2.75) is 5.25 Å². The van der Waals surface area contributed by atoms with Crippen LogP contribution in [0.2, 0.25) is 0 Å². The van der Waals surface area contributed by atoms with Crippen molar-refractivity contribution in [2.24, 2.45) is 0 Å². The van der Waals surface area contributed by atoms with Crippen LogP contribution < -0.4 is 4.74 Å². The highest BCUT2D eigenvalue weighted by atomic mass is 35.5. The molecule has 0 saturated heterocycles. The molecule has 3 nitrogen and oxygen atoms in total. The smallest absolute Gasteiger partial charge is 0.183 e. The van der Waals surface area contributed by atoms with Gasteiger partial charge in [-0.1, -0.05) is 12.1 Å². The summed E-state index contributed by atoms with van der Waals surface area (Å²) in [5, 5.41) is -0.0719. The lowest BCUT2D eigenvalue weighted by Crippen LogP contribution is -2.31. The van der Waals surface area contributed by atoms with Crippen LogP contribution in [-0.4, -0.2) is 42.5 Å². The van der Waals surface area contributed by atoms with Crippen LogP contribution in [0.5, 0.6) is 5.75 Å². The Balaban J connectivity index is 0.00000144. The van der Waals surface area contributed by atoms with Crippen LogP contribution in [0.15, 0.2) is 24.3 Å². The molecule has 0 radical (unpaired) electrons. The van der Waals surface area contributed by atoms with Crippen molar-refractivity contribution < 1.29 is 9.53 Å². The molecular weight excluding hydrogens is 258 g/mol. The number of para-hydroxylation sites is 1. The highest BCUT2D eigenvalue weighted by Crippen LogP contribution is 2.29. The zero-order valence-electron chi connectivity index (χ0n) is 9.88. The van der Waals surface area contributed by atoms with Gasteiger partial charge in [0.15, 0.2) is 5.78 Å². The van der Waals surface area contributed by atoms with Crippen molar-refractivity contribution >= 4 is 30.0 Å². The van der Waals surface area contributed by atoms with Crippen molar-refractivity contribution in [3.05, 3.63) is 29.8 Å². The van der Waals surface area contributed by atoms with E-state index in [2.05, 4.69) is 4.90 Å². The van der Waals surface area contributed by atoms with Crippen molar-refractivity contribution in [3.8, 4) is 5.75 Å². The normalized spacial score (nSPS) is 18.3. The zero-order chi connectivity index (χ0) is 11.5. The highest BCUT2D eigenvalue weighted by Gasteiger charge is 2.28. The number of carbonyl (C=O) groups is 1. The quantitative estimate of drug-likeness (QED) is 0.791. The second kappa shape index (κ2) is 6.28. The molecule has 17 heavy (non-hydrogen) atoms. The van der Waals surface area contributed by atoms with E-state index in [0.717, 1.165) is 5.88 Å². The molecule has 0 amide bonds.